The lowest BCUT2D eigenvalue weighted by Crippen LogP contribution is -2.27. The minimum Gasteiger partial charge on any atom is -0.381 e. The maximum absolute atomic E-state index is 12.1. The number of rotatable bonds is 11. The molecule has 3 N–H and O–H groups in total. The zero-order chi connectivity index (χ0) is 14.8. The van der Waals surface area contributed by atoms with Crippen LogP contribution >= 0.6 is 0 Å². The van der Waals surface area contributed by atoms with Gasteiger partial charge in [-0.25, -0.2) is 13.1 Å². The Labute approximate surface area is 120 Å². The van der Waals surface area contributed by atoms with Crippen LogP contribution in [0.15, 0.2) is 11.2 Å². The van der Waals surface area contributed by atoms with Crippen molar-refractivity contribution in [3.8, 4) is 0 Å². The molecule has 0 aliphatic rings. The molecule has 1 aromatic heterocycles. The van der Waals surface area contributed by atoms with E-state index < -0.39 is 10.0 Å². The van der Waals surface area contributed by atoms with Gasteiger partial charge in [0, 0.05) is 31.9 Å². The van der Waals surface area contributed by atoms with Crippen LogP contribution in [0.4, 0.5) is 0 Å². The largest absolute Gasteiger partial charge is 0.381 e. The van der Waals surface area contributed by atoms with Crippen LogP contribution in [-0.2, 0) is 21.3 Å². The van der Waals surface area contributed by atoms with Gasteiger partial charge in [0.2, 0.25) is 0 Å². The fraction of sp³-hybridized carbons (Fsp3) is 0.750. The fourth-order valence-corrected chi connectivity index (χ4v) is 2.82. The zero-order valence-corrected chi connectivity index (χ0v) is 12.9. The summed E-state index contributed by atoms with van der Waals surface area (Å²) >= 11 is 0. The van der Waals surface area contributed by atoms with E-state index in [-0.39, 0.29) is 5.03 Å². The molecule has 1 heterocycles. The van der Waals surface area contributed by atoms with E-state index in [2.05, 4.69) is 20.2 Å². The topological polar surface area (TPSA) is 96.1 Å². The van der Waals surface area contributed by atoms with E-state index >= 15 is 0 Å². The van der Waals surface area contributed by atoms with Crippen molar-refractivity contribution >= 4 is 10.0 Å². The molecule has 0 fully saturated rings. The van der Waals surface area contributed by atoms with Crippen molar-refractivity contribution in [1.82, 2.24) is 20.2 Å². The third-order valence-corrected chi connectivity index (χ3v) is 4.09. The predicted octanol–water partition coefficient (Wildman–Crippen LogP) is 0.614. The molecule has 0 saturated carbocycles. The highest BCUT2D eigenvalue weighted by Gasteiger charge is 2.19. The van der Waals surface area contributed by atoms with Crippen LogP contribution in [0.5, 0.6) is 0 Å². The highest BCUT2D eigenvalue weighted by atomic mass is 32.2. The first-order chi connectivity index (χ1) is 9.61. The second-order valence-electron chi connectivity index (χ2n) is 4.37. The number of nitrogens with zero attached hydrogens (tertiary/aromatic N) is 1. The van der Waals surface area contributed by atoms with Crippen molar-refractivity contribution in [3.63, 3.8) is 0 Å². The number of aromatic amines is 1. The lowest BCUT2D eigenvalue weighted by molar-refractivity contribution is 0.133. The number of aromatic nitrogens is 2. The standard InChI is InChI=1S/C12H24N4O3S/c1-3-7-19-8-5-6-15-20(17,18)12-11(9-13-4-2)10-14-16-12/h10,13,15H,3-9H2,1-2H3,(H,14,16). The first kappa shape index (κ1) is 17.1. The first-order valence-corrected chi connectivity index (χ1v) is 8.40. The minimum absolute atomic E-state index is 0.132. The Morgan fingerprint density at radius 3 is 2.85 bits per heavy atom. The van der Waals surface area contributed by atoms with Crippen molar-refractivity contribution < 1.29 is 13.2 Å². The Morgan fingerprint density at radius 1 is 1.35 bits per heavy atom. The van der Waals surface area contributed by atoms with E-state index in [1.54, 1.807) is 0 Å². The molecule has 0 aliphatic carbocycles. The number of nitrogens with one attached hydrogen (secondary N) is 3. The Kier molecular flexibility index (Phi) is 7.75. The highest BCUT2D eigenvalue weighted by molar-refractivity contribution is 7.89. The molecule has 0 spiro atoms. The molecule has 0 saturated heterocycles. The van der Waals surface area contributed by atoms with Crippen molar-refractivity contribution in [1.29, 1.82) is 0 Å². The van der Waals surface area contributed by atoms with Gasteiger partial charge in [-0.15, -0.1) is 0 Å². The smallest absolute Gasteiger partial charge is 0.257 e. The molecule has 0 radical (unpaired) electrons. The molecular formula is C12H24N4O3S. The lowest BCUT2D eigenvalue weighted by Gasteiger charge is -2.07. The van der Waals surface area contributed by atoms with Gasteiger partial charge in [0.05, 0.1) is 6.20 Å². The highest BCUT2D eigenvalue weighted by Crippen LogP contribution is 2.11. The van der Waals surface area contributed by atoms with Crippen molar-refractivity contribution in [3.05, 3.63) is 11.8 Å². The second-order valence-corrected chi connectivity index (χ2v) is 6.07. The summed E-state index contributed by atoms with van der Waals surface area (Å²) in [6.45, 7) is 6.86. The summed E-state index contributed by atoms with van der Waals surface area (Å²) in [5.74, 6) is 0. The van der Waals surface area contributed by atoms with E-state index in [0.717, 1.165) is 13.0 Å². The number of hydrogen-bond donors (Lipinski definition) is 3. The van der Waals surface area contributed by atoms with E-state index in [0.29, 0.717) is 38.3 Å². The molecule has 1 rings (SSSR count). The molecule has 7 nitrogen and oxygen atoms in total. The third kappa shape index (κ3) is 5.58. The average molecular weight is 304 g/mol. The zero-order valence-electron chi connectivity index (χ0n) is 12.1. The molecule has 116 valence electrons. The van der Waals surface area contributed by atoms with Gasteiger partial charge in [-0.1, -0.05) is 13.8 Å². The average Bonchev–Trinajstić information content (AvgIpc) is 2.89. The van der Waals surface area contributed by atoms with Gasteiger partial charge in [0.15, 0.2) is 5.03 Å². The quantitative estimate of drug-likeness (QED) is 0.521. The van der Waals surface area contributed by atoms with Gasteiger partial charge in [-0.3, -0.25) is 5.10 Å². The number of ether oxygens (including phenoxy) is 1. The van der Waals surface area contributed by atoms with Crippen LogP contribution in [0.2, 0.25) is 0 Å². The molecule has 1 aromatic rings. The Hall–Kier alpha value is -0.960. The van der Waals surface area contributed by atoms with Gasteiger partial charge >= 0.3 is 0 Å². The summed E-state index contributed by atoms with van der Waals surface area (Å²) in [6, 6.07) is 0. The molecule has 0 bridgehead atoms. The third-order valence-electron chi connectivity index (χ3n) is 2.62. The Balaban J connectivity index is 2.45. The second kappa shape index (κ2) is 9.06. The molecule has 0 aliphatic heterocycles. The predicted molar refractivity (Wildman–Crippen MR) is 76.9 cm³/mol. The lowest BCUT2D eigenvalue weighted by atomic mass is 10.3. The Morgan fingerprint density at radius 2 is 2.15 bits per heavy atom. The SMILES string of the molecule is CCCOCCCNS(=O)(=O)c1[nH]ncc1CNCC. The van der Waals surface area contributed by atoms with Gasteiger partial charge in [0.25, 0.3) is 10.0 Å². The van der Waals surface area contributed by atoms with E-state index in [1.165, 1.54) is 6.20 Å². The van der Waals surface area contributed by atoms with Crippen LogP contribution in [0.25, 0.3) is 0 Å². The van der Waals surface area contributed by atoms with Crippen LogP contribution in [0.1, 0.15) is 32.3 Å². The minimum atomic E-state index is -3.53. The first-order valence-electron chi connectivity index (χ1n) is 6.92. The van der Waals surface area contributed by atoms with Crippen molar-refractivity contribution in [2.24, 2.45) is 0 Å². The van der Waals surface area contributed by atoms with Crippen molar-refractivity contribution in [2.75, 3.05) is 26.3 Å². The summed E-state index contributed by atoms with van der Waals surface area (Å²) in [6.07, 6.45) is 3.14. The fourth-order valence-electron chi connectivity index (χ4n) is 1.62. The summed E-state index contributed by atoms with van der Waals surface area (Å²) in [4.78, 5) is 0. The number of hydrogen-bond acceptors (Lipinski definition) is 5. The molecular weight excluding hydrogens is 280 g/mol. The summed E-state index contributed by atoms with van der Waals surface area (Å²) in [5, 5.41) is 9.56. The van der Waals surface area contributed by atoms with E-state index in [4.69, 9.17) is 4.74 Å². The van der Waals surface area contributed by atoms with Gasteiger partial charge in [-0.2, -0.15) is 5.10 Å². The molecule has 0 unspecified atom stereocenters. The van der Waals surface area contributed by atoms with E-state index in [9.17, 15) is 8.42 Å². The van der Waals surface area contributed by atoms with Gasteiger partial charge in [-0.05, 0) is 19.4 Å². The monoisotopic (exact) mass is 304 g/mol. The molecule has 0 atom stereocenters. The maximum Gasteiger partial charge on any atom is 0.257 e. The van der Waals surface area contributed by atoms with Gasteiger partial charge < -0.3 is 10.1 Å². The molecule has 0 amide bonds. The summed E-state index contributed by atoms with van der Waals surface area (Å²) in [7, 11) is -3.53. The normalized spacial score (nSPS) is 11.9. The van der Waals surface area contributed by atoms with Crippen LogP contribution in [0.3, 0.4) is 0 Å². The molecule has 20 heavy (non-hydrogen) atoms. The molecule has 8 heteroatoms. The Bertz CT molecular complexity index is 473. The van der Waals surface area contributed by atoms with Gasteiger partial charge in [0.1, 0.15) is 0 Å². The van der Waals surface area contributed by atoms with E-state index in [1.807, 2.05) is 13.8 Å². The van der Waals surface area contributed by atoms with Crippen LogP contribution in [0, 0.1) is 0 Å². The van der Waals surface area contributed by atoms with Crippen molar-refractivity contribution in [2.45, 2.75) is 38.3 Å². The number of sulfonamides is 1. The number of H-pyrrole nitrogens is 1. The summed E-state index contributed by atoms with van der Waals surface area (Å²) < 4.78 is 32.1. The molecule has 0 aromatic carbocycles. The summed E-state index contributed by atoms with van der Waals surface area (Å²) in [5.41, 5.74) is 0.640. The maximum atomic E-state index is 12.1. The van der Waals surface area contributed by atoms with Crippen LogP contribution in [-0.4, -0.2) is 44.9 Å². The van der Waals surface area contributed by atoms with Crippen LogP contribution < -0.4 is 10.0 Å².